The zero-order valence-corrected chi connectivity index (χ0v) is 19.3. The van der Waals surface area contributed by atoms with Crippen LogP contribution in [0.5, 0.6) is 5.75 Å². The summed E-state index contributed by atoms with van der Waals surface area (Å²) in [6.07, 6.45) is 2.75. The Morgan fingerprint density at radius 1 is 1.07 bits per heavy atom. The molecular formula is C22H29IN4O2. The molecule has 2 aromatic carbocycles. The molecule has 0 aromatic heterocycles. The molecule has 0 saturated carbocycles. The smallest absolute Gasteiger partial charge is 0.251 e. The molecule has 0 saturated heterocycles. The lowest BCUT2D eigenvalue weighted by atomic mass is 10.1. The molecule has 7 heteroatoms. The molecular weight excluding hydrogens is 479 g/mol. The summed E-state index contributed by atoms with van der Waals surface area (Å²) >= 11 is 0. The zero-order valence-electron chi connectivity index (χ0n) is 17.0. The monoisotopic (exact) mass is 508 g/mol. The highest BCUT2D eigenvalue weighted by atomic mass is 127. The highest BCUT2D eigenvalue weighted by Gasteiger charge is 2.11. The largest absolute Gasteiger partial charge is 0.493 e. The summed E-state index contributed by atoms with van der Waals surface area (Å²) in [5, 5.41) is 9.33. The number of fused-ring (bicyclic) bond motifs is 1. The number of ether oxygens (including phenoxy) is 1. The number of hydrogen-bond acceptors (Lipinski definition) is 3. The molecule has 0 bridgehead atoms. The van der Waals surface area contributed by atoms with Crippen LogP contribution in [0.25, 0.3) is 0 Å². The fourth-order valence-corrected chi connectivity index (χ4v) is 3.28. The van der Waals surface area contributed by atoms with Crippen LogP contribution in [0.2, 0.25) is 0 Å². The van der Waals surface area contributed by atoms with Crippen molar-refractivity contribution in [1.82, 2.24) is 16.0 Å². The summed E-state index contributed by atoms with van der Waals surface area (Å²) in [6.45, 7) is 2.35. The van der Waals surface area contributed by atoms with Crippen molar-refractivity contribution in [1.29, 1.82) is 0 Å². The first-order valence-corrected chi connectivity index (χ1v) is 9.69. The first-order valence-electron chi connectivity index (χ1n) is 9.69. The lowest BCUT2D eigenvalue weighted by Gasteiger charge is -2.12. The molecule has 3 N–H and O–H groups in total. The lowest BCUT2D eigenvalue weighted by molar-refractivity contribution is 0.0963. The average molecular weight is 508 g/mol. The summed E-state index contributed by atoms with van der Waals surface area (Å²) in [5.41, 5.74) is 4.41. The number of rotatable bonds is 7. The van der Waals surface area contributed by atoms with Gasteiger partial charge in [0.15, 0.2) is 5.96 Å². The van der Waals surface area contributed by atoms with E-state index in [2.05, 4.69) is 39.1 Å². The Balaban J connectivity index is 0.00000300. The summed E-state index contributed by atoms with van der Waals surface area (Å²) in [5.74, 6) is 1.74. The van der Waals surface area contributed by atoms with Gasteiger partial charge in [-0.3, -0.25) is 9.79 Å². The van der Waals surface area contributed by atoms with Gasteiger partial charge in [-0.1, -0.05) is 24.3 Å². The third-order valence-corrected chi connectivity index (χ3v) is 4.81. The minimum absolute atomic E-state index is 0. The van der Waals surface area contributed by atoms with Gasteiger partial charge in [-0.05, 0) is 47.7 Å². The molecule has 0 atom stereocenters. The Hall–Kier alpha value is -2.29. The van der Waals surface area contributed by atoms with E-state index in [1.54, 1.807) is 14.1 Å². The number of benzene rings is 2. The highest BCUT2D eigenvalue weighted by Crippen LogP contribution is 2.25. The number of hydrogen-bond donors (Lipinski definition) is 3. The van der Waals surface area contributed by atoms with Crippen molar-refractivity contribution >= 4 is 35.8 Å². The van der Waals surface area contributed by atoms with Crippen LogP contribution in [0.4, 0.5) is 0 Å². The van der Waals surface area contributed by atoms with Crippen LogP contribution < -0.4 is 20.7 Å². The Bertz CT molecular complexity index is 854. The van der Waals surface area contributed by atoms with E-state index in [9.17, 15) is 4.79 Å². The van der Waals surface area contributed by atoms with Crippen molar-refractivity contribution in [3.8, 4) is 5.75 Å². The fraction of sp³-hybridized carbons (Fsp3) is 0.364. The molecule has 0 aliphatic carbocycles. The molecule has 0 spiro atoms. The standard InChI is InChI=1S/C22H28N4O2.HI/c1-23-21(27)19-5-3-4-16(15-19)8-11-25-22(24-2)26-12-9-17-6-7-20-18(14-17)10-13-28-20;/h3-7,14-15H,8-13H2,1-2H3,(H,23,27)(H2,24,25,26);1H. The van der Waals surface area contributed by atoms with Crippen LogP contribution in [0.1, 0.15) is 27.0 Å². The van der Waals surface area contributed by atoms with Gasteiger partial charge in [-0.2, -0.15) is 0 Å². The van der Waals surface area contributed by atoms with Gasteiger partial charge < -0.3 is 20.7 Å². The van der Waals surface area contributed by atoms with Crippen molar-refractivity contribution in [3.05, 3.63) is 64.7 Å². The van der Waals surface area contributed by atoms with Crippen LogP contribution in [0.15, 0.2) is 47.5 Å². The van der Waals surface area contributed by atoms with E-state index in [0.717, 1.165) is 56.2 Å². The molecule has 1 aliphatic heterocycles. The van der Waals surface area contributed by atoms with Crippen molar-refractivity contribution < 1.29 is 9.53 Å². The van der Waals surface area contributed by atoms with Gasteiger partial charge in [-0.15, -0.1) is 24.0 Å². The Morgan fingerprint density at radius 3 is 2.48 bits per heavy atom. The second-order valence-corrected chi connectivity index (χ2v) is 6.75. The quantitative estimate of drug-likeness (QED) is 0.306. The second kappa shape index (κ2) is 11.6. The SMILES string of the molecule is CN=C(NCCc1cccc(C(=O)NC)c1)NCCc1ccc2c(c1)CCO2.I. The number of carbonyl (C=O) groups is 1. The maximum atomic E-state index is 11.7. The summed E-state index contributed by atoms with van der Waals surface area (Å²) in [4.78, 5) is 16.0. The molecule has 29 heavy (non-hydrogen) atoms. The first kappa shape index (κ1) is 23.0. The van der Waals surface area contributed by atoms with Crippen molar-refractivity contribution in [2.75, 3.05) is 33.8 Å². The fourth-order valence-electron chi connectivity index (χ4n) is 3.28. The minimum atomic E-state index is -0.0644. The number of carbonyl (C=O) groups excluding carboxylic acids is 1. The number of nitrogens with one attached hydrogen (secondary N) is 3. The number of guanidine groups is 1. The molecule has 6 nitrogen and oxygen atoms in total. The van der Waals surface area contributed by atoms with E-state index in [1.807, 2.05) is 24.3 Å². The first-order chi connectivity index (χ1) is 13.7. The number of halogens is 1. The third-order valence-electron chi connectivity index (χ3n) is 4.81. The molecule has 0 radical (unpaired) electrons. The molecule has 0 fully saturated rings. The summed E-state index contributed by atoms with van der Waals surface area (Å²) in [6, 6.07) is 14.1. The average Bonchev–Trinajstić information content (AvgIpc) is 3.20. The minimum Gasteiger partial charge on any atom is -0.493 e. The van der Waals surface area contributed by atoms with E-state index in [0.29, 0.717) is 5.56 Å². The van der Waals surface area contributed by atoms with Crippen LogP contribution >= 0.6 is 24.0 Å². The molecule has 1 heterocycles. The van der Waals surface area contributed by atoms with Gasteiger partial charge in [-0.25, -0.2) is 0 Å². The van der Waals surface area contributed by atoms with Gasteiger partial charge in [0.25, 0.3) is 5.91 Å². The van der Waals surface area contributed by atoms with E-state index in [1.165, 1.54) is 11.1 Å². The second-order valence-electron chi connectivity index (χ2n) is 6.75. The van der Waals surface area contributed by atoms with Gasteiger partial charge in [0.05, 0.1) is 6.61 Å². The molecule has 1 aliphatic rings. The number of aliphatic imine (C=N–C) groups is 1. The maximum absolute atomic E-state index is 11.7. The van der Waals surface area contributed by atoms with E-state index in [-0.39, 0.29) is 29.9 Å². The van der Waals surface area contributed by atoms with Crippen molar-refractivity contribution in [2.24, 2.45) is 4.99 Å². The molecule has 3 rings (SSSR count). The molecule has 156 valence electrons. The summed E-state index contributed by atoms with van der Waals surface area (Å²) in [7, 11) is 3.41. The van der Waals surface area contributed by atoms with Gasteiger partial charge >= 0.3 is 0 Å². The molecule has 1 amide bonds. The van der Waals surface area contributed by atoms with Crippen LogP contribution in [-0.2, 0) is 19.3 Å². The summed E-state index contributed by atoms with van der Waals surface area (Å²) < 4.78 is 5.55. The predicted molar refractivity (Wildman–Crippen MR) is 128 cm³/mol. The van der Waals surface area contributed by atoms with Crippen LogP contribution in [0.3, 0.4) is 0 Å². The number of nitrogens with zero attached hydrogens (tertiary/aromatic N) is 1. The Kier molecular flexibility index (Phi) is 9.24. The Morgan fingerprint density at radius 2 is 1.79 bits per heavy atom. The van der Waals surface area contributed by atoms with Crippen LogP contribution in [-0.4, -0.2) is 45.7 Å². The third kappa shape index (κ3) is 6.62. The van der Waals surface area contributed by atoms with Gasteiger partial charge in [0.1, 0.15) is 5.75 Å². The Labute approximate surface area is 189 Å². The van der Waals surface area contributed by atoms with Crippen LogP contribution in [0, 0.1) is 0 Å². The maximum Gasteiger partial charge on any atom is 0.251 e. The molecule has 0 unspecified atom stereocenters. The molecule has 2 aromatic rings. The van der Waals surface area contributed by atoms with Gasteiger partial charge in [0.2, 0.25) is 0 Å². The predicted octanol–water partition coefficient (Wildman–Crippen LogP) is 2.55. The highest BCUT2D eigenvalue weighted by molar-refractivity contribution is 14.0. The van der Waals surface area contributed by atoms with E-state index in [4.69, 9.17) is 4.74 Å². The lowest BCUT2D eigenvalue weighted by Crippen LogP contribution is -2.39. The van der Waals surface area contributed by atoms with Gasteiger partial charge in [0, 0.05) is 39.2 Å². The topological polar surface area (TPSA) is 74.8 Å². The van der Waals surface area contributed by atoms with E-state index < -0.39 is 0 Å². The zero-order chi connectivity index (χ0) is 19.8. The normalized spacial score (nSPS) is 12.4. The van der Waals surface area contributed by atoms with Crippen molar-refractivity contribution in [3.63, 3.8) is 0 Å². The van der Waals surface area contributed by atoms with Crippen molar-refractivity contribution in [2.45, 2.75) is 19.3 Å². The van der Waals surface area contributed by atoms with E-state index >= 15 is 0 Å². The number of amides is 1.